The van der Waals surface area contributed by atoms with Gasteiger partial charge in [-0.3, -0.25) is 9.78 Å². The molecular formula is C14H19N3O3. The predicted octanol–water partition coefficient (Wildman–Crippen LogP) is 1.69. The molecule has 1 fully saturated rings. The lowest BCUT2D eigenvalue weighted by Gasteiger charge is -2.23. The van der Waals surface area contributed by atoms with Gasteiger partial charge in [-0.25, -0.2) is 4.79 Å². The molecule has 1 saturated carbocycles. The lowest BCUT2D eigenvalue weighted by molar-refractivity contribution is 0.0495. The molecule has 0 saturated heterocycles. The lowest BCUT2D eigenvalue weighted by atomic mass is 10.1. The minimum absolute atomic E-state index is 0.210. The molecule has 6 nitrogen and oxygen atoms in total. The zero-order valence-corrected chi connectivity index (χ0v) is 11.9. The van der Waals surface area contributed by atoms with Crippen molar-refractivity contribution in [2.24, 2.45) is 5.73 Å². The molecule has 1 aliphatic carbocycles. The molecule has 108 valence electrons. The molecule has 3 N–H and O–H groups in total. The van der Waals surface area contributed by atoms with E-state index in [1.54, 1.807) is 18.3 Å². The molecule has 0 aliphatic heterocycles. The lowest BCUT2D eigenvalue weighted by Crippen LogP contribution is -2.39. The highest BCUT2D eigenvalue weighted by Crippen LogP contribution is 2.45. The largest absolute Gasteiger partial charge is 0.444 e. The van der Waals surface area contributed by atoms with E-state index in [4.69, 9.17) is 10.5 Å². The molecule has 0 spiro atoms. The average molecular weight is 277 g/mol. The Bertz CT molecular complexity index is 528. The SMILES string of the molecule is CC(C)(C)OC(=O)NC1(c2ccc(C(N)=O)nc2)CC1. The molecule has 0 atom stereocenters. The Morgan fingerprint density at radius 3 is 2.40 bits per heavy atom. The highest BCUT2D eigenvalue weighted by molar-refractivity contribution is 5.90. The minimum atomic E-state index is -0.568. The van der Waals surface area contributed by atoms with Crippen molar-refractivity contribution in [2.75, 3.05) is 0 Å². The number of pyridine rings is 1. The number of primary amides is 1. The Labute approximate surface area is 117 Å². The van der Waals surface area contributed by atoms with Gasteiger partial charge in [0.15, 0.2) is 0 Å². The van der Waals surface area contributed by atoms with E-state index in [1.165, 1.54) is 0 Å². The second kappa shape index (κ2) is 4.77. The van der Waals surface area contributed by atoms with E-state index in [2.05, 4.69) is 10.3 Å². The van der Waals surface area contributed by atoms with Crippen molar-refractivity contribution in [3.8, 4) is 0 Å². The van der Waals surface area contributed by atoms with Crippen molar-refractivity contribution >= 4 is 12.0 Å². The number of carbonyl (C=O) groups excluding carboxylic acids is 2. The van der Waals surface area contributed by atoms with Crippen molar-refractivity contribution in [2.45, 2.75) is 44.8 Å². The monoisotopic (exact) mass is 277 g/mol. The van der Waals surface area contributed by atoms with E-state index >= 15 is 0 Å². The molecule has 20 heavy (non-hydrogen) atoms. The van der Waals surface area contributed by atoms with E-state index in [-0.39, 0.29) is 5.69 Å². The fourth-order valence-corrected chi connectivity index (χ4v) is 1.93. The standard InChI is InChI=1S/C14H19N3O3/c1-13(2,3)20-12(19)17-14(6-7-14)9-4-5-10(11(15)18)16-8-9/h4-5,8H,6-7H2,1-3H3,(H2,15,18)(H,17,19). The quantitative estimate of drug-likeness (QED) is 0.879. The summed E-state index contributed by atoms with van der Waals surface area (Å²) in [7, 11) is 0. The Morgan fingerprint density at radius 2 is 2.00 bits per heavy atom. The van der Waals surface area contributed by atoms with Gasteiger partial charge in [0, 0.05) is 6.20 Å². The van der Waals surface area contributed by atoms with Crippen molar-refractivity contribution in [1.29, 1.82) is 0 Å². The average Bonchev–Trinajstić information content (AvgIpc) is 3.07. The number of alkyl carbamates (subject to hydrolysis) is 1. The Kier molecular flexibility index (Phi) is 3.41. The molecule has 1 aromatic heterocycles. The van der Waals surface area contributed by atoms with Crippen molar-refractivity contribution < 1.29 is 14.3 Å². The van der Waals surface area contributed by atoms with Crippen molar-refractivity contribution in [3.05, 3.63) is 29.6 Å². The minimum Gasteiger partial charge on any atom is -0.444 e. The molecule has 1 heterocycles. The van der Waals surface area contributed by atoms with Gasteiger partial charge in [0.2, 0.25) is 0 Å². The Hall–Kier alpha value is -2.11. The summed E-state index contributed by atoms with van der Waals surface area (Å²) in [5, 5.41) is 2.87. The predicted molar refractivity (Wildman–Crippen MR) is 73.0 cm³/mol. The first-order valence-corrected chi connectivity index (χ1v) is 6.49. The molecule has 0 bridgehead atoms. The van der Waals surface area contributed by atoms with Crippen molar-refractivity contribution in [1.82, 2.24) is 10.3 Å². The molecule has 1 aliphatic rings. The molecule has 2 rings (SSSR count). The molecule has 0 radical (unpaired) electrons. The van der Waals surface area contributed by atoms with Crippen LogP contribution in [0.25, 0.3) is 0 Å². The number of hydrogen-bond acceptors (Lipinski definition) is 4. The van der Waals surface area contributed by atoms with Gasteiger partial charge in [-0.2, -0.15) is 0 Å². The van der Waals surface area contributed by atoms with Gasteiger partial charge < -0.3 is 15.8 Å². The number of nitrogens with zero attached hydrogens (tertiary/aromatic N) is 1. The van der Waals surface area contributed by atoms with Crippen LogP contribution < -0.4 is 11.1 Å². The van der Waals surface area contributed by atoms with Crippen LogP contribution in [0.3, 0.4) is 0 Å². The fraction of sp³-hybridized carbons (Fsp3) is 0.500. The van der Waals surface area contributed by atoms with Crippen molar-refractivity contribution in [3.63, 3.8) is 0 Å². The van der Waals surface area contributed by atoms with Gasteiger partial charge in [0.1, 0.15) is 11.3 Å². The van der Waals surface area contributed by atoms with Crippen LogP contribution in [0.15, 0.2) is 18.3 Å². The number of ether oxygens (including phenoxy) is 1. The zero-order valence-electron chi connectivity index (χ0n) is 11.9. The van der Waals surface area contributed by atoms with Crippen LogP contribution in [0.4, 0.5) is 4.79 Å². The van der Waals surface area contributed by atoms with Crippen LogP contribution in [0.1, 0.15) is 49.7 Å². The summed E-state index contributed by atoms with van der Waals surface area (Å²) in [6, 6.07) is 3.33. The Morgan fingerprint density at radius 1 is 1.35 bits per heavy atom. The van der Waals surface area contributed by atoms with Crippen LogP contribution in [-0.4, -0.2) is 22.6 Å². The van der Waals surface area contributed by atoms with E-state index in [0.717, 1.165) is 18.4 Å². The molecule has 0 aromatic carbocycles. The number of hydrogen-bond donors (Lipinski definition) is 2. The summed E-state index contributed by atoms with van der Waals surface area (Å²) < 4.78 is 5.25. The van der Waals surface area contributed by atoms with E-state index in [0.29, 0.717) is 0 Å². The van der Waals surface area contributed by atoms with Gasteiger partial charge in [0.25, 0.3) is 5.91 Å². The molecular weight excluding hydrogens is 258 g/mol. The smallest absolute Gasteiger partial charge is 0.408 e. The molecule has 1 aromatic rings. The first-order chi connectivity index (χ1) is 9.22. The van der Waals surface area contributed by atoms with Crippen LogP contribution in [0.2, 0.25) is 0 Å². The van der Waals surface area contributed by atoms with Gasteiger partial charge in [0.05, 0.1) is 5.54 Å². The maximum Gasteiger partial charge on any atom is 0.408 e. The first kappa shape index (κ1) is 14.3. The van der Waals surface area contributed by atoms with Gasteiger partial charge in [-0.15, -0.1) is 0 Å². The summed E-state index contributed by atoms with van der Waals surface area (Å²) in [5.74, 6) is -0.568. The molecule has 2 amide bonds. The summed E-state index contributed by atoms with van der Waals surface area (Å²) in [5.41, 5.74) is 5.25. The number of carbonyl (C=O) groups is 2. The third kappa shape index (κ3) is 3.26. The number of nitrogens with one attached hydrogen (secondary N) is 1. The maximum atomic E-state index is 11.8. The topological polar surface area (TPSA) is 94.3 Å². The number of aromatic nitrogens is 1. The fourth-order valence-electron chi connectivity index (χ4n) is 1.93. The second-order valence-electron chi connectivity index (χ2n) is 6.01. The van der Waals surface area contributed by atoms with Gasteiger partial charge >= 0.3 is 6.09 Å². The highest BCUT2D eigenvalue weighted by atomic mass is 16.6. The van der Waals surface area contributed by atoms with E-state index in [9.17, 15) is 9.59 Å². The van der Waals surface area contributed by atoms with Gasteiger partial charge in [-0.05, 0) is 45.2 Å². The van der Waals surface area contributed by atoms with E-state index < -0.39 is 23.1 Å². The van der Waals surface area contributed by atoms with Crippen LogP contribution >= 0.6 is 0 Å². The number of amides is 2. The third-order valence-electron chi connectivity index (χ3n) is 3.06. The molecule has 0 unspecified atom stereocenters. The summed E-state index contributed by atoms with van der Waals surface area (Å²) in [6.07, 6.45) is 2.77. The summed E-state index contributed by atoms with van der Waals surface area (Å²) in [6.45, 7) is 5.44. The molecule has 6 heteroatoms. The summed E-state index contributed by atoms with van der Waals surface area (Å²) in [4.78, 5) is 26.8. The van der Waals surface area contributed by atoms with Gasteiger partial charge in [-0.1, -0.05) is 6.07 Å². The first-order valence-electron chi connectivity index (χ1n) is 6.49. The van der Waals surface area contributed by atoms with Crippen LogP contribution in [0, 0.1) is 0 Å². The zero-order chi connectivity index (χ0) is 15.0. The third-order valence-corrected chi connectivity index (χ3v) is 3.06. The van der Waals surface area contributed by atoms with E-state index in [1.807, 2.05) is 20.8 Å². The Balaban J connectivity index is 2.08. The summed E-state index contributed by atoms with van der Waals surface area (Å²) >= 11 is 0. The number of rotatable bonds is 3. The number of nitrogens with two attached hydrogens (primary N) is 1. The van der Waals surface area contributed by atoms with Crippen LogP contribution in [0.5, 0.6) is 0 Å². The second-order valence-corrected chi connectivity index (χ2v) is 6.01. The highest BCUT2D eigenvalue weighted by Gasteiger charge is 2.46. The maximum absolute atomic E-state index is 11.8. The normalized spacial score (nSPS) is 16.4. The van der Waals surface area contributed by atoms with Crippen LogP contribution in [-0.2, 0) is 10.3 Å².